The number of carbonyl (C=O) groups is 2. The number of nitrogens with zero attached hydrogens (tertiary/aromatic N) is 3. The lowest BCUT2D eigenvalue weighted by Gasteiger charge is -2.19. The Balaban J connectivity index is 1.99. The highest BCUT2D eigenvalue weighted by atomic mass is 16.4. The van der Waals surface area contributed by atoms with E-state index >= 15 is 0 Å². The van der Waals surface area contributed by atoms with E-state index < -0.39 is 5.97 Å². The van der Waals surface area contributed by atoms with Gasteiger partial charge in [-0.2, -0.15) is 5.10 Å². The first kappa shape index (κ1) is 13.6. The molecule has 0 bridgehead atoms. The molecule has 0 aliphatic carbocycles. The zero-order chi connectivity index (χ0) is 13.8. The first-order valence-corrected chi connectivity index (χ1v) is 6.61. The van der Waals surface area contributed by atoms with Crippen molar-refractivity contribution in [2.75, 3.05) is 13.6 Å². The molecule has 19 heavy (non-hydrogen) atoms. The smallest absolute Gasteiger partial charge is 0.303 e. The van der Waals surface area contributed by atoms with E-state index in [1.807, 2.05) is 4.68 Å². The fourth-order valence-electron chi connectivity index (χ4n) is 2.37. The van der Waals surface area contributed by atoms with E-state index in [-0.39, 0.29) is 12.3 Å². The Morgan fingerprint density at radius 1 is 1.47 bits per heavy atom. The summed E-state index contributed by atoms with van der Waals surface area (Å²) in [6, 6.07) is 0. The molecule has 2 rings (SSSR count). The molecular weight excluding hydrogens is 246 g/mol. The number of aromatic nitrogens is 2. The first-order valence-electron chi connectivity index (χ1n) is 6.61. The van der Waals surface area contributed by atoms with Gasteiger partial charge in [-0.1, -0.05) is 0 Å². The van der Waals surface area contributed by atoms with Gasteiger partial charge in [0, 0.05) is 26.6 Å². The second-order valence-electron chi connectivity index (χ2n) is 4.91. The number of hydrogen-bond donors (Lipinski definition) is 1. The van der Waals surface area contributed by atoms with Crippen LogP contribution in [0.3, 0.4) is 0 Å². The summed E-state index contributed by atoms with van der Waals surface area (Å²) in [4.78, 5) is 24.3. The summed E-state index contributed by atoms with van der Waals surface area (Å²) in [7, 11) is 1.71. The zero-order valence-corrected chi connectivity index (χ0v) is 11.1. The predicted molar refractivity (Wildman–Crippen MR) is 69.0 cm³/mol. The van der Waals surface area contributed by atoms with Gasteiger partial charge in [0.1, 0.15) is 0 Å². The molecule has 104 valence electrons. The zero-order valence-electron chi connectivity index (χ0n) is 11.1. The van der Waals surface area contributed by atoms with Crippen LogP contribution in [-0.2, 0) is 17.8 Å². The number of rotatable bonds is 5. The molecule has 0 spiro atoms. The second-order valence-corrected chi connectivity index (χ2v) is 4.91. The quantitative estimate of drug-likeness (QED) is 0.866. The fraction of sp³-hybridized carbons (Fsp3) is 0.615. The standard InChI is InChI=1S/C13H19N3O3/c1-15(7-4-6-12(17)18)13(19)10-9-14-16-8-3-2-5-11(10)16/h9H,2-8H2,1H3,(H,17,18). The van der Waals surface area contributed by atoms with Crippen LogP contribution in [0.4, 0.5) is 0 Å². The number of aliphatic carboxylic acids is 1. The monoisotopic (exact) mass is 265 g/mol. The maximum atomic E-state index is 12.3. The molecule has 1 aromatic rings. The van der Waals surface area contributed by atoms with Gasteiger partial charge in [0.25, 0.3) is 5.91 Å². The van der Waals surface area contributed by atoms with E-state index in [0.717, 1.165) is 31.5 Å². The van der Waals surface area contributed by atoms with Crippen LogP contribution in [0, 0.1) is 0 Å². The summed E-state index contributed by atoms with van der Waals surface area (Å²) in [6.45, 7) is 1.33. The molecule has 0 radical (unpaired) electrons. The Labute approximate surface area is 112 Å². The SMILES string of the molecule is CN(CCCC(=O)O)C(=O)c1cnn2c1CCCC2. The molecule has 0 saturated heterocycles. The molecule has 0 fully saturated rings. The average molecular weight is 265 g/mol. The van der Waals surface area contributed by atoms with Crippen molar-refractivity contribution in [2.45, 2.75) is 38.6 Å². The summed E-state index contributed by atoms with van der Waals surface area (Å²) in [5, 5.41) is 12.8. The van der Waals surface area contributed by atoms with E-state index in [4.69, 9.17) is 5.11 Å². The van der Waals surface area contributed by atoms with Crippen molar-refractivity contribution in [1.82, 2.24) is 14.7 Å². The fourth-order valence-corrected chi connectivity index (χ4v) is 2.37. The van der Waals surface area contributed by atoms with Gasteiger partial charge in [-0.25, -0.2) is 0 Å². The van der Waals surface area contributed by atoms with Gasteiger partial charge in [0.15, 0.2) is 0 Å². The molecule has 6 heteroatoms. The highest BCUT2D eigenvalue weighted by molar-refractivity contribution is 5.95. The second kappa shape index (κ2) is 5.86. The van der Waals surface area contributed by atoms with Crippen molar-refractivity contribution in [2.24, 2.45) is 0 Å². The number of hydrogen-bond acceptors (Lipinski definition) is 3. The third kappa shape index (κ3) is 3.13. The molecule has 0 aromatic carbocycles. The topological polar surface area (TPSA) is 75.4 Å². The van der Waals surface area contributed by atoms with Gasteiger partial charge >= 0.3 is 5.97 Å². The molecule has 1 aliphatic heterocycles. The lowest BCUT2D eigenvalue weighted by Crippen LogP contribution is -2.29. The van der Waals surface area contributed by atoms with Crippen LogP contribution in [-0.4, -0.2) is 45.3 Å². The van der Waals surface area contributed by atoms with Crippen LogP contribution in [0.25, 0.3) is 0 Å². The molecule has 6 nitrogen and oxygen atoms in total. The van der Waals surface area contributed by atoms with E-state index in [0.29, 0.717) is 18.5 Å². The number of fused-ring (bicyclic) bond motifs is 1. The summed E-state index contributed by atoms with van der Waals surface area (Å²) in [6.07, 6.45) is 5.29. The maximum absolute atomic E-state index is 12.3. The van der Waals surface area contributed by atoms with E-state index in [1.165, 1.54) is 0 Å². The number of carbonyl (C=O) groups excluding carboxylic acids is 1. The van der Waals surface area contributed by atoms with Crippen molar-refractivity contribution < 1.29 is 14.7 Å². The molecule has 1 amide bonds. The summed E-state index contributed by atoms with van der Waals surface area (Å²) in [5.74, 6) is -0.891. The molecule has 1 aromatic heterocycles. The lowest BCUT2D eigenvalue weighted by molar-refractivity contribution is -0.137. The van der Waals surface area contributed by atoms with Gasteiger partial charge in [-0.15, -0.1) is 0 Å². The minimum absolute atomic E-state index is 0.0615. The molecule has 0 unspecified atom stereocenters. The molecule has 2 heterocycles. The Hall–Kier alpha value is -1.85. The van der Waals surface area contributed by atoms with Crippen LogP contribution in [0.15, 0.2) is 6.20 Å². The molecule has 0 saturated carbocycles. The van der Waals surface area contributed by atoms with E-state index in [9.17, 15) is 9.59 Å². The van der Waals surface area contributed by atoms with Crippen molar-refractivity contribution >= 4 is 11.9 Å². The number of aryl methyl sites for hydroxylation is 1. The predicted octanol–water partition coefficient (Wildman–Crippen LogP) is 1.16. The largest absolute Gasteiger partial charge is 0.481 e. The highest BCUT2D eigenvalue weighted by Crippen LogP contribution is 2.19. The molecular formula is C13H19N3O3. The molecule has 0 atom stereocenters. The minimum atomic E-state index is -0.830. The Bertz CT molecular complexity index is 481. The van der Waals surface area contributed by atoms with Gasteiger partial charge in [-0.3, -0.25) is 14.3 Å². The third-order valence-electron chi connectivity index (χ3n) is 3.44. The summed E-state index contributed by atoms with van der Waals surface area (Å²) < 4.78 is 1.90. The first-order chi connectivity index (χ1) is 9.09. The van der Waals surface area contributed by atoms with Crippen molar-refractivity contribution in [3.63, 3.8) is 0 Å². The van der Waals surface area contributed by atoms with Crippen LogP contribution >= 0.6 is 0 Å². The molecule has 1 N–H and O–H groups in total. The van der Waals surface area contributed by atoms with E-state index in [2.05, 4.69) is 5.10 Å². The van der Waals surface area contributed by atoms with Crippen LogP contribution in [0.2, 0.25) is 0 Å². The van der Waals surface area contributed by atoms with Crippen molar-refractivity contribution in [3.05, 3.63) is 17.5 Å². The average Bonchev–Trinajstić information content (AvgIpc) is 2.81. The number of carboxylic acid groups (broad SMARTS) is 1. The van der Waals surface area contributed by atoms with Crippen molar-refractivity contribution in [3.8, 4) is 0 Å². The molecule has 1 aliphatic rings. The van der Waals surface area contributed by atoms with Crippen LogP contribution in [0.1, 0.15) is 41.7 Å². The normalized spacial score (nSPS) is 13.9. The lowest BCUT2D eigenvalue weighted by atomic mass is 10.1. The van der Waals surface area contributed by atoms with Crippen LogP contribution in [0.5, 0.6) is 0 Å². The van der Waals surface area contributed by atoms with Gasteiger partial charge in [0.05, 0.1) is 17.5 Å². The van der Waals surface area contributed by atoms with Crippen molar-refractivity contribution in [1.29, 1.82) is 0 Å². The number of carboxylic acids is 1. The maximum Gasteiger partial charge on any atom is 0.303 e. The van der Waals surface area contributed by atoms with Gasteiger partial charge in [0.2, 0.25) is 0 Å². The Kier molecular flexibility index (Phi) is 4.19. The van der Waals surface area contributed by atoms with Crippen LogP contribution < -0.4 is 0 Å². The van der Waals surface area contributed by atoms with Gasteiger partial charge < -0.3 is 10.0 Å². The Morgan fingerprint density at radius 2 is 2.26 bits per heavy atom. The highest BCUT2D eigenvalue weighted by Gasteiger charge is 2.22. The van der Waals surface area contributed by atoms with E-state index in [1.54, 1.807) is 18.1 Å². The summed E-state index contributed by atoms with van der Waals surface area (Å²) >= 11 is 0. The minimum Gasteiger partial charge on any atom is -0.481 e. The van der Waals surface area contributed by atoms with Gasteiger partial charge in [-0.05, 0) is 25.7 Å². The Morgan fingerprint density at radius 3 is 3.00 bits per heavy atom. The third-order valence-corrected chi connectivity index (χ3v) is 3.44. The summed E-state index contributed by atoms with van der Waals surface area (Å²) in [5.41, 5.74) is 1.68. The number of amides is 1.